The van der Waals surface area contributed by atoms with Crippen LogP contribution in [0.1, 0.15) is 86.6 Å². The van der Waals surface area contributed by atoms with Gasteiger partial charge in [-0.3, -0.25) is 10.2 Å². The highest BCUT2D eigenvalue weighted by atomic mass is 16.5. The Labute approximate surface area is 175 Å². The highest BCUT2D eigenvalue weighted by Gasteiger charge is 2.47. The highest BCUT2D eigenvalue weighted by molar-refractivity contribution is 6.01. The van der Waals surface area contributed by atoms with E-state index in [1.165, 1.54) is 56.9 Å². The van der Waals surface area contributed by atoms with Gasteiger partial charge in [0.05, 0.1) is 5.54 Å². The summed E-state index contributed by atoms with van der Waals surface area (Å²) in [6.45, 7) is 1.87. The Morgan fingerprint density at radius 1 is 1.07 bits per heavy atom. The lowest BCUT2D eigenvalue weighted by atomic mass is 9.90. The summed E-state index contributed by atoms with van der Waals surface area (Å²) in [5.74, 6) is 0.727. The largest absolute Gasteiger partial charge is 0.386 e. The molecule has 1 aromatic rings. The van der Waals surface area contributed by atoms with E-state index in [4.69, 9.17) is 15.9 Å². The van der Waals surface area contributed by atoms with Crippen LogP contribution in [-0.4, -0.2) is 30.5 Å². The zero-order valence-corrected chi connectivity index (χ0v) is 17.7. The van der Waals surface area contributed by atoms with Crippen LogP contribution in [0.25, 0.3) is 0 Å². The number of carbonyl (C=O) groups is 1. The normalized spacial score (nSPS) is 18.3. The predicted octanol–water partition coefficient (Wildman–Crippen LogP) is 4.58. The molecule has 5 nitrogen and oxygen atoms in total. The maximum atomic E-state index is 12.3. The van der Waals surface area contributed by atoms with Crippen molar-refractivity contribution in [1.82, 2.24) is 5.32 Å². The third kappa shape index (κ3) is 6.84. The molecule has 0 aromatic heterocycles. The molecule has 1 amide bonds. The standard InChI is InChI=1S/C24H37N3O2/c25-23(26)24(15-16-24)27-22(28)21-13-11-19(12-14-21)8-4-1-2-7-17-29-18-20-9-5-3-6-10-20/h11-14,20H,1-10,15-18H2,(H3,25,26)(H,27,28). The fourth-order valence-electron chi connectivity index (χ4n) is 4.19. The van der Waals surface area contributed by atoms with E-state index in [0.717, 1.165) is 44.8 Å². The minimum absolute atomic E-state index is 0.0573. The number of nitrogens with two attached hydrogens (primary N) is 1. The first-order valence-electron chi connectivity index (χ1n) is 11.4. The maximum Gasteiger partial charge on any atom is 0.252 e. The fourth-order valence-corrected chi connectivity index (χ4v) is 4.19. The van der Waals surface area contributed by atoms with E-state index in [2.05, 4.69) is 5.32 Å². The van der Waals surface area contributed by atoms with E-state index in [0.29, 0.717) is 5.56 Å². The minimum atomic E-state index is -0.587. The molecule has 0 bridgehead atoms. The number of benzene rings is 1. The SMILES string of the molecule is N=C(N)C1(NC(=O)c2ccc(CCCCCCOCC3CCCCC3)cc2)CC1. The number of nitrogens with one attached hydrogen (secondary N) is 2. The molecule has 160 valence electrons. The van der Waals surface area contributed by atoms with Gasteiger partial charge in [0.2, 0.25) is 0 Å². The third-order valence-electron chi connectivity index (χ3n) is 6.42. The summed E-state index contributed by atoms with van der Waals surface area (Å²) in [7, 11) is 0. The average molecular weight is 400 g/mol. The van der Waals surface area contributed by atoms with E-state index in [9.17, 15) is 4.79 Å². The summed E-state index contributed by atoms with van der Waals surface area (Å²) >= 11 is 0. The Hall–Kier alpha value is -1.88. The number of hydrogen-bond donors (Lipinski definition) is 3. The minimum Gasteiger partial charge on any atom is -0.386 e. The summed E-state index contributed by atoms with van der Waals surface area (Å²) < 4.78 is 5.87. The molecule has 2 saturated carbocycles. The lowest BCUT2D eigenvalue weighted by Gasteiger charge is -2.21. The summed E-state index contributed by atoms with van der Waals surface area (Å²) in [5.41, 5.74) is 6.90. The molecule has 0 saturated heterocycles. The van der Waals surface area contributed by atoms with Crippen molar-refractivity contribution in [2.45, 2.75) is 82.6 Å². The van der Waals surface area contributed by atoms with Crippen molar-refractivity contribution in [1.29, 1.82) is 5.41 Å². The molecule has 5 heteroatoms. The predicted molar refractivity (Wildman–Crippen MR) is 117 cm³/mol. The molecule has 2 aliphatic carbocycles. The molecule has 1 aromatic carbocycles. The zero-order chi connectivity index (χ0) is 20.5. The van der Waals surface area contributed by atoms with Crippen molar-refractivity contribution in [2.75, 3.05) is 13.2 Å². The van der Waals surface area contributed by atoms with Gasteiger partial charge >= 0.3 is 0 Å². The van der Waals surface area contributed by atoms with Crippen LogP contribution in [0.3, 0.4) is 0 Å². The smallest absolute Gasteiger partial charge is 0.252 e. The Morgan fingerprint density at radius 3 is 2.41 bits per heavy atom. The summed E-state index contributed by atoms with van der Waals surface area (Å²) in [5, 5.41) is 10.5. The average Bonchev–Trinajstić information content (AvgIpc) is 3.52. The maximum absolute atomic E-state index is 12.3. The molecule has 0 radical (unpaired) electrons. The van der Waals surface area contributed by atoms with Crippen LogP contribution in [0.15, 0.2) is 24.3 Å². The molecule has 0 aliphatic heterocycles. The molecule has 0 unspecified atom stereocenters. The molecule has 3 rings (SSSR count). The van der Waals surface area contributed by atoms with Crippen LogP contribution in [0.2, 0.25) is 0 Å². The summed E-state index contributed by atoms with van der Waals surface area (Å²) in [6.07, 6.45) is 14.2. The van der Waals surface area contributed by atoms with Gasteiger partial charge in [0.25, 0.3) is 5.91 Å². The molecule has 2 fully saturated rings. The van der Waals surface area contributed by atoms with Gasteiger partial charge in [-0.05, 0) is 68.6 Å². The van der Waals surface area contributed by atoms with Gasteiger partial charge in [0.15, 0.2) is 0 Å². The van der Waals surface area contributed by atoms with Crippen LogP contribution in [-0.2, 0) is 11.2 Å². The van der Waals surface area contributed by atoms with Crippen molar-refractivity contribution in [3.05, 3.63) is 35.4 Å². The van der Waals surface area contributed by atoms with Gasteiger partial charge in [0, 0.05) is 18.8 Å². The van der Waals surface area contributed by atoms with Gasteiger partial charge in [0.1, 0.15) is 5.84 Å². The van der Waals surface area contributed by atoms with Gasteiger partial charge in [-0.15, -0.1) is 0 Å². The van der Waals surface area contributed by atoms with Crippen molar-refractivity contribution in [3.63, 3.8) is 0 Å². The van der Waals surface area contributed by atoms with Crippen molar-refractivity contribution < 1.29 is 9.53 Å². The number of unbranched alkanes of at least 4 members (excludes halogenated alkanes) is 3. The number of aryl methyl sites for hydroxylation is 1. The monoisotopic (exact) mass is 399 g/mol. The summed E-state index contributed by atoms with van der Waals surface area (Å²) in [6, 6.07) is 7.82. The number of amidine groups is 1. The number of carbonyl (C=O) groups excluding carboxylic acids is 1. The van der Waals surface area contributed by atoms with Crippen molar-refractivity contribution >= 4 is 11.7 Å². The molecule has 29 heavy (non-hydrogen) atoms. The Balaban J connectivity index is 1.24. The number of hydrogen-bond acceptors (Lipinski definition) is 3. The topological polar surface area (TPSA) is 88.2 Å². The molecular formula is C24H37N3O2. The van der Waals surface area contributed by atoms with Gasteiger partial charge < -0.3 is 15.8 Å². The summed E-state index contributed by atoms with van der Waals surface area (Å²) in [4.78, 5) is 12.3. The molecule has 0 heterocycles. The number of amides is 1. The quantitative estimate of drug-likeness (QED) is 0.273. The Morgan fingerprint density at radius 2 is 1.76 bits per heavy atom. The lowest BCUT2D eigenvalue weighted by molar-refractivity contribution is 0.0824. The van der Waals surface area contributed by atoms with Crippen molar-refractivity contribution in [3.8, 4) is 0 Å². The van der Waals surface area contributed by atoms with Crippen LogP contribution in [0.5, 0.6) is 0 Å². The zero-order valence-electron chi connectivity index (χ0n) is 17.7. The van der Waals surface area contributed by atoms with Gasteiger partial charge in [-0.1, -0.05) is 44.2 Å². The molecular weight excluding hydrogens is 362 g/mol. The fraction of sp³-hybridized carbons (Fsp3) is 0.667. The molecule has 0 spiro atoms. The van der Waals surface area contributed by atoms with E-state index >= 15 is 0 Å². The van der Waals surface area contributed by atoms with Crippen LogP contribution < -0.4 is 11.1 Å². The molecule has 2 aliphatic rings. The van der Waals surface area contributed by atoms with E-state index in [1.807, 2.05) is 24.3 Å². The van der Waals surface area contributed by atoms with E-state index < -0.39 is 5.54 Å². The second-order valence-corrected chi connectivity index (χ2v) is 8.89. The lowest BCUT2D eigenvalue weighted by Crippen LogP contribution is -2.46. The van der Waals surface area contributed by atoms with Crippen LogP contribution >= 0.6 is 0 Å². The first-order chi connectivity index (χ1) is 14.1. The van der Waals surface area contributed by atoms with Gasteiger partial charge in [-0.2, -0.15) is 0 Å². The number of ether oxygens (including phenoxy) is 1. The third-order valence-corrected chi connectivity index (χ3v) is 6.42. The Kier molecular flexibility index (Phi) is 8.10. The first kappa shape index (κ1) is 21.8. The Bertz CT molecular complexity index is 661. The van der Waals surface area contributed by atoms with E-state index in [-0.39, 0.29) is 11.7 Å². The highest BCUT2D eigenvalue weighted by Crippen LogP contribution is 2.35. The van der Waals surface area contributed by atoms with Crippen molar-refractivity contribution in [2.24, 2.45) is 11.7 Å². The second-order valence-electron chi connectivity index (χ2n) is 8.89. The van der Waals surface area contributed by atoms with Crippen LogP contribution in [0.4, 0.5) is 0 Å². The van der Waals surface area contributed by atoms with Crippen LogP contribution in [0, 0.1) is 11.3 Å². The molecule has 0 atom stereocenters. The second kappa shape index (κ2) is 10.8. The molecule has 4 N–H and O–H groups in total. The number of rotatable bonds is 12. The van der Waals surface area contributed by atoms with E-state index in [1.54, 1.807) is 0 Å². The van der Waals surface area contributed by atoms with Gasteiger partial charge in [-0.25, -0.2) is 0 Å². The first-order valence-corrected chi connectivity index (χ1v) is 11.4.